The summed E-state index contributed by atoms with van der Waals surface area (Å²) in [7, 11) is 4.23. The average Bonchev–Trinajstić information content (AvgIpc) is 2.72. The molecule has 3 rings (SSSR count). The number of nitrogens with zero attached hydrogens (tertiary/aromatic N) is 3. The highest BCUT2D eigenvalue weighted by molar-refractivity contribution is 6.31. The molecule has 1 aromatic carbocycles. The molecule has 2 aromatic rings. The Labute approximate surface area is 182 Å². The minimum Gasteiger partial charge on any atom is -0.627 e. The van der Waals surface area contributed by atoms with E-state index >= 15 is 0 Å². The van der Waals surface area contributed by atoms with Crippen LogP contribution in [-0.2, 0) is 6.54 Å². The van der Waals surface area contributed by atoms with E-state index in [1.807, 2.05) is 24.3 Å². The molecule has 0 atom stereocenters. The first-order valence-corrected chi connectivity index (χ1v) is 10.7. The lowest BCUT2D eigenvalue weighted by molar-refractivity contribution is -0.714. The fourth-order valence-electron chi connectivity index (χ4n) is 3.94. The normalized spacial score (nSPS) is 19.3. The van der Waals surface area contributed by atoms with Gasteiger partial charge in [0.25, 0.3) is 0 Å². The van der Waals surface area contributed by atoms with Crippen molar-refractivity contribution in [2.24, 2.45) is 11.8 Å². The SMILES string of the molecule is CN(C)CC1CCC(CNc2nc(NCc3ccccc3Cl)ncc2[NH+]([O-])[O-])CC1. The fraction of sp³-hybridized carbons (Fsp3) is 0.524. The molecule has 3 N–H and O–H groups in total. The fourth-order valence-corrected chi connectivity index (χ4v) is 4.15. The van der Waals surface area contributed by atoms with Crippen molar-refractivity contribution in [2.75, 3.05) is 37.8 Å². The number of nitrogens with one attached hydrogen (secondary N) is 3. The lowest BCUT2D eigenvalue weighted by Crippen LogP contribution is -2.96. The minimum atomic E-state index is -1.29. The Hall–Kier alpha value is -1.97. The van der Waals surface area contributed by atoms with Gasteiger partial charge in [-0.25, -0.2) is 4.98 Å². The van der Waals surface area contributed by atoms with E-state index in [0.29, 0.717) is 35.8 Å². The molecule has 1 aromatic heterocycles. The Bertz CT molecular complexity index is 812. The van der Waals surface area contributed by atoms with Crippen LogP contribution in [0.1, 0.15) is 31.2 Å². The number of quaternary nitrogens is 1. The molecule has 1 aliphatic rings. The second-order valence-corrected chi connectivity index (χ2v) is 8.63. The molecule has 0 saturated heterocycles. The first-order valence-electron chi connectivity index (χ1n) is 10.4. The van der Waals surface area contributed by atoms with Crippen molar-refractivity contribution in [3.05, 3.63) is 51.5 Å². The summed E-state index contributed by atoms with van der Waals surface area (Å²) in [5.41, 5.74) is 0.885. The second-order valence-electron chi connectivity index (χ2n) is 8.22. The van der Waals surface area contributed by atoms with Gasteiger partial charge in [-0.3, -0.25) is 0 Å². The van der Waals surface area contributed by atoms with Crippen molar-refractivity contribution in [1.29, 1.82) is 0 Å². The lowest BCUT2D eigenvalue weighted by atomic mass is 9.82. The van der Waals surface area contributed by atoms with Crippen molar-refractivity contribution in [3.8, 4) is 0 Å². The maximum Gasteiger partial charge on any atom is 0.225 e. The van der Waals surface area contributed by atoms with E-state index in [1.54, 1.807) is 0 Å². The molecule has 0 radical (unpaired) electrons. The van der Waals surface area contributed by atoms with Gasteiger partial charge >= 0.3 is 0 Å². The molecule has 30 heavy (non-hydrogen) atoms. The molecule has 164 valence electrons. The number of rotatable bonds is 9. The highest BCUT2D eigenvalue weighted by Gasteiger charge is 2.22. The van der Waals surface area contributed by atoms with Crippen molar-refractivity contribution < 1.29 is 5.23 Å². The first kappa shape index (κ1) is 22.7. The monoisotopic (exact) mass is 433 g/mol. The van der Waals surface area contributed by atoms with Crippen LogP contribution in [0.15, 0.2) is 30.5 Å². The molecule has 0 amide bonds. The average molecular weight is 434 g/mol. The highest BCUT2D eigenvalue weighted by Crippen LogP contribution is 2.29. The van der Waals surface area contributed by atoms with Gasteiger partial charge in [0.1, 0.15) is 0 Å². The molecular formula is C21H30ClN6O2-. The van der Waals surface area contributed by atoms with Crippen LogP contribution in [0.5, 0.6) is 0 Å². The Balaban J connectivity index is 1.59. The van der Waals surface area contributed by atoms with Crippen LogP contribution in [0.4, 0.5) is 17.5 Å². The van der Waals surface area contributed by atoms with Crippen LogP contribution >= 0.6 is 11.6 Å². The largest absolute Gasteiger partial charge is 0.627 e. The van der Waals surface area contributed by atoms with E-state index in [1.165, 1.54) is 19.0 Å². The highest BCUT2D eigenvalue weighted by atomic mass is 35.5. The molecule has 1 saturated carbocycles. The lowest BCUT2D eigenvalue weighted by Gasteiger charge is -2.31. The molecule has 0 aliphatic heterocycles. The number of anilines is 2. The Morgan fingerprint density at radius 3 is 2.47 bits per heavy atom. The molecule has 8 nitrogen and oxygen atoms in total. The zero-order chi connectivity index (χ0) is 21.5. The van der Waals surface area contributed by atoms with E-state index in [0.717, 1.165) is 30.9 Å². The van der Waals surface area contributed by atoms with Crippen molar-refractivity contribution in [1.82, 2.24) is 14.9 Å². The molecule has 9 heteroatoms. The van der Waals surface area contributed by atoms with E-state index < -0.39 is 5.23 Å². The summed E-state index contributed by atoms with van der Waals surface area (Å²) in [6.45, 7) is 2.26. The van der Waals surface area contributed by atoms with Crippen LogP contribution in [0, 0.1) is 22.3 Å². The first-order chi connectivity index (χ1) is 14.4. The molecule has 0 spiro atoms. The van der Waals surface area contributed by atoms with Gasteiger partial charge in [-0.05, 0) is 63.2 Å². The topological polar surface area (TPSA) is 104 Å². The van der Waals surface area contributed by atoms with Gasteiger partial charge in [0, 0.05) is 24.7 Å². The second kappa shape index (κ2) is 10.9. The summed E-state index contributed by atoms with van der Waals surface area (Å²) in [6, 6.07) is 7.51. The summed E-state index contributed by atoms with van der Waals surface area (Å²) in [5, 5.41) is 28.7. The number of hydrogen-bond donors (Lipinski definition) is 3. The smallest absolute Gasteiger partial charge is 0.225 e. The quantitative estimate of drug-likeness (QED) is 0.522. The third-order valence-corrected chi connectivity index (χ3v) is 5.92. The molecule has 1 fully saturated rings. The zero-order valence-electron chi connectivity index (χ0n) is 17.5. The molecular weight excluding hydrogens is 404 g/mol. The van der Waals surface area contributed by atoms with E-state index in [9.17, 15) is 10.4 Å². The number of aromatic nitrogens is 2. The number of hydrogen-bond acceptors (Lipinski definition) is 7. The summed E-state index contributed by atoms with van der Waals surface area (Å²) in [4.78, 5) is 10.7. The minimum absolute atomic E-state index is 0.0282. The maximum absolute atomic E-state index is 11.5. The molecule has 0 bridgehead atoms. The van der Waals surface area contributed by atoms with Crippen LogP contribution in [0.2, 0.25) is 5.02 Å². The number of benzene rings is 1. The van der Waals surface area contributed by atoms with Gasteiger partial charge in [-0.15, -0.1) is 0 Å². The van der Waals surface area contributed by atoms with Gasteiger partial charge in [-0.2, -0.15) is 4.98 Å². The molecule has 0 unspecified atom stereocenters. The maximum atomic E-state index is 11.5. The molecule has 1 heterocycles. The van der Waals surface area contributed by atoms with Gasteiger partial charge in [-0.1, -0.05) is 29.8 Å². The standard InChI is InChI=1S/C21H30ClN6O2/c1-27(2)14-16-9-7-15(8-10-16)11-23-20-19(28(29)30)13-25-21(26-20)24-12-17-5-3-4-6-18(17)22/h3-6,13,15-16,28H,7-12,14H2,1-2H3,(H2,23,24,25,26)/q-1. The van der Waals surface area contributed by atoms with Crippen molar-refractivity contribution in [2.45, 2.75) is 32.2 Å². The zero-order valence-corrected chi connectivity index (χ0v) is 18.3. The van der Waals surface area contributed by atoms with Gasteiger partial charge in [0.15, 0.2) is 11.5 Å². The van der Waals surface area contributed by atoms with Crippen LogP contribution in [0.3, 0.4) is 0 Å². The van der Waals surface area contributed by atoms with E-state index in [-0.39, 0.29) is 5.69 Å². The van der Waals surface area contributed by atoms with Gasteiger partial charge in [0.05, 0.1) is 6.20 Å². The molecule has 1 aliphatic carbocycles. The van der Waals surface area contributed by atoms with Crippen LogP contribution < -0.4 is 15.9 Å². The Morgan fingerprint density at radius 2 is 1.80 bits per heavy atom. The number of halogens is 1. The van der Waals surface area contributed by atoms with Crippen molar-refractivity contribution in [3.63, 3.8) is 0 Å². The summed E-state index contributed by atoms with van der Waals surface area (Å²) < 4.78 is 0. The van der Waals surface area contributed by atoms with E-state index in [2.05, 4.69) is 39.6 Å². The predicted octanol–water partition coefficient (Wildman–Crippen LogP) is 3.03. The summed E-state index contributed by atoms with van der Waals surface area (Å²) in [5.74, 6) is 1.89. The van der Waals surface area contributed by atoms with Gasteiger partial charge < -0.3 is 31.2 Å². The van der Waals surface area contributed by atoms with E-state index in [4.69, 9.17) is 11.6 Å². The third-order valence-electron chi connectivity index (χ3n) is 5.55. The van der Waals surface area contributed by atoms with Gasteiger partial charge in [0.2, 0.25) is 5.95 Å². The van der Waals surface area contributed by atoms with Crippen molar-refractivity contribution >= 4 is 29.1 Å². The van der Waals surface area contributed by atoms with Crippen LogP contribution in [0.25, 0.3) is 0 Å². The third kappa shape index (κ3) is 6.52. The Kier molecular flexibility index (Phi) is 8.24. The predicted molar refractivity (Wildman–Crippen MR) is 121 cm³/mol. The summed E-state index contributed by atoms with van der Waals surface area (Å²) in [6.07, 6.45) is 5.95. The van der Waals surface area contributed by atoms with Crippen LogP contribution in [-0.4, -0.2) is 42.1 Å². The Morgan fingerprint density at radius 1 is 1.10 bits per heavy atom. The summed E-state index contributed by atoms with van der Waals surface area (Å²) >= 11 is 6.18.